The molecule has 1 heterocycles. The van der Waals surface area contributed by atoms with E-state index in [0.717, 1.165) is 5.56 Å². The highest BCUT2D eigenvalue weighted by Crippen LogP contribution is 2.18. The molecule has 0 saturated heterocycles. The van der Waals surface area contributed by atoms with E-state index in [2.05, 4.69) is 15.5 Å². The van der Waals surface area contributed by atoms with Crippen molar-refractivity contribution in [1.82, 2.24) is 15.5 Å². The molecule has 0 aliphatic carbocycles. The van der Waals surface area contributed by atoms with Gasteiger partial charge in [-0.05, 0) is 18.9 Å². The van der Waals surface area contributed by atoms with Crippen LogP contribution >= 0.6 is 0 Å². The van der Waals surface area contributed by atoms with E-state index in [1.54, 1.807) is 6.92 Å². The summed E-state index contributed by atoms with van der Waals surface area (Å²) >= 11 is 0. The first-order valence-electron chi connectivity index (χ1n) is 7.40. The van der Waals surface area contributed by atoms with E-state index >= 15 is 0 Å². The number of aliphatic carboxylic acids is 1. The van der Waals surface area contributed by atoms with Crippen molar-refractivity contribution < 1.29 is 19.2 Å². The average Bonchev–Trinajstić information content (AvgIpc) is 2.95. The summed E-state index contributed by atoms with van der Waals surface area (Å²) in [7, 11) is 0. The number of hydrogen-bond donors (Lipinski definition) is 2. The molecule has 23 heavy (non-hydrogen) atoms. The minimum atomic E-state index is -0.887. The number of carboxylic acids is 1. The minimum absolute atomic E-state index is 0.0112. The van der Waals surface area contributed by atoms with E-state index in [1.807, 2.05) is 30.3 Å². The molecule has 1 atom stereocenters. The molecule has 1 amide bonds. The number of hydrogen-bond acceptors (Lipinski definition) is 5. The van der Waals surface area contributed by atoms with Gasteiger partial charge in [0.2, 0.25) is 11.8 Å². The number of carbonyl (C=O) groups excluding carboxylic acids is 1. The second-order valence-electron chi connectivity index (χ2n) is 5.20. The Bertz CT molecular complexity index is 654. The van der Waals surface area contributed by atoms with Crippen molar-refractivity contribution in [1.29, 1.82) is 0 Å². The molecule has 0 bridgehead atoms. The third-order valence-corrected chi connectivity index (χ3v) is 3.32. The Kier molecular flexibility index (Phi) is 5.85. The van der Waals surface area contributed by atoms with Crippen molar-refractivity contribution in [3.63, 3.8) is 0 Å². The number of benzene rings is 1. The molecule has 0 aliphatic heterocycles. The van der Waals surface area contributed by atoms with Gasteiger partial charge in [-0.2, -0.15) is 4.98 Å². The first kappa shape index (κ1) is 16.7. The Labute approximate surface area is 133 Å². The lowest BCUT2D eigenvalue weighted by Crippen LogP contribution is -2.29. The van der Waals surface area contributed by atoms with Gasteiger partial charge in [-0.1, -0.05) is 35.5 Å². The van der Waals surface area contributed by atoms with Crippen LogP contribution in [0.25, 0.3) is 0 Å². The van der Waals surface area contributed by atoms with Gasteiger partial charge in [0.25, 0.3) is 0 Å². The fourth-order valence-electron chi connectivity index (χ4n) is 2.20. The Morgan fingerprint density at radius 1 is 1.26 bits per heavy atom. The zero-order valence-electron chi connectivity index (χ0n) is 12.9. The Morgan fingerprint density at radius 3 is 2.61 bits per heavy atom. The lowest BCUT2D eigenvalue weighted by molar-refractivity contribution is -0.137. The highest BCUT2D eigenvalue weighted by molar-refractivity contribution is 5.76. The first-order chi connectivity index (χ1) is 11.0. The molecule has 7 nitrogen and oxygen atoms in total. The van der Waals surface area contributed by atoms with E-state index in [1.165, 1.54) is 0 Å². The van der Waals surface area contributed by atoms with Crippen molar-refractivity contribution in [3.05, 3.63) is 47.6 Å². The van der Waals surface area contributed by atoms with Crippen LogP contribution in [-0.2, 0) is 16.0 Å². The van der Waals surface area contributed by atoms with Gasteiger partial charge in [0.1, 0.15) is 0 Å². The molecule has 2 N–H and O–H groups in total. The summed E-state index contributed by atoms with van der Waals surface area (Å²) in [6.45, 7) is 1.71. The Hall–Kier alpha value is -2.70. The number of nitrogens with zero attached hydrogens (tertiary/aromatic N) is 2. The van der Waals surface area contributed by atoms with Gasteiger partial charge >= 0.3 is 5.97 Å². The van der Waals surface area contributed by atoms with Crippen LogP contribution < -0.4 is 5.32 Å². The van der Waals surface area contributed by atoms with Crippen LogP contribution in [0.1, 0.15) is 42.6 Å². The first-order valence-corrected chi connectivity index (χ1v) is 7.40. The monoisotopic (exact) mass is 317 g/mol. The number of rotatable bonds is 8. The van der Waals surface area contributed by atoms with E-state index in [4.69, 9.17) is 9.63 Å². The van der Waals surface area contributed by atoms with Crippen molar-refractivity contribution in [2.24, 2.45) is 0 Å². The third-order valence-electron chi connectivity index (χ3n) is 3.32. The summed E-state index contributed by atoms with van der Waals surface area (Å²) < 4.78 is 4.96. The van der Waals surface area contributed by atoms with Crippen LogP contribution in [0.3, 0.4) is 0 Å². The maximum absolute atomic E-state index is 12.1. The largest absolute Gasteiger partial charge is 0.481 e. The van der Waals surface area contributed by atoms with E-state index < -0.39 is 5.97 Å². The molecule has 2 aromatic rings. The van der Waals surface area contributed by atoms with Crippen molar-refractivity contribution in [2.75, 3.05) is 0 Å². The maximum atomic E-state index is 12.1. The summed E-state index contributed by atoms with van der Waals surface area (Å²) in [6.07, 6.45) is 0.887. The van der Waals surface area contributed by atoms with Crippen LogP contribution in [0.4, 0.5) is 0 Å². The van der Waals surface area contributed by atoms with Crippen molar-refractivity contribution >= 4 is 11.9 Å². The van der Waals surface area contributed by atoms with Crippen LogP contribution in [0.15, 0.2) is 34.9 Å². The van der Waals surface area contributed by atoms with Gasteiger partial charge in [-0.25, -0.2) is 0 Å². The molecule has 0 aliphatic rings. The molecule has 0 saturated carbocycles. The van der Waals surface area contributed by atoms with Crippen LogP contribution in [0.2, 0.25) is 0 Å². The van der Waals surface area contributed by atoms with E-state index in [9.17, 15) is 9.59 Å². The number of carboxylic acid groups (broad SMARTS) is 1. The normalized spacial score (nSPS) is 11.9. The molecule has 0 spiro atoms. The van der Waals surface area contributed by atoms with Crippen molar-refractivity contribution in [2.45, 2.75) is 38.6 Å². The molecule has 1 aromatic heterocycles. The third kappa shape index (κ3) is 5.54. The number of amides is 1. The topological polar surface area (TPSA) is 105 Å². The van der Waals surface area contributed by atoms with E-state index in [0.29, 0.717) is 24.6 Å². The molecule has 7 heteroatoms. The zero-order valence-corrected chi connectivity index (χ0v) is 12.9. The molecule has 0 radical (unpaired) electrons. The lowest BCUT2D eigenvalue weighted by atomic mass is 10.0. The Morgan fingerprint density at radius 2 is 2.00 bits per heavy atom. The van der Waals surface area contributed by atoms with Gasteiger partial charge in [-0.3, -0.25) is 9.59 Å². The fraction of sp³-hybridized carbons (Fsp3) is 0.375. The SMILES string of the molecule is Cc1noc(CCC(=O)NC(CCC(=O)O)c2ccccc2)n1. The molecule has 1 aromatic carbocycles. The van der Waals surface area contributed by atoms with Crippen LogP contribution in [-0.4, -0.2) is 27.1 Å². The van der Waals surface area contributed by atoms with Gasteiger partial charge < -0.3 is 14.9 Å². The molecule has 1 unspecified atom stereocenters. The number of carbonyl (C=O) groups is 2. The second-order valence-corrected chi connectivity index (χ2v) is 5.20. The highest BCUT2D eigenvalue weighted by atomic mass is 16.5. The summed E-state index contributed by atoms with van der Waals surface area (Å²) in [5, 5.41) is 15.4. The number of aryl methyl sites for hydroxylation is 2. The van der Waals surface area contributed by atoms with E-state index in [-0.39, 0.29) is 24.8 Å². The standard InChI is InChI=1S/C16H19N3O4/c1-11-17-15(23-19-11)9-8-14(20)18-13(7-10-16(21)22)12-5-3-2-4-6-12/h2-6,13H,7-10H2,1H3,(H,18,20)(H,21,22). The molecule has 2 rings (SSSR count). The maximum Gasteiger partial charge on any atom is 0.303 e. The van der Waals surface area contributed by atoms with Gasteiger partial charge in [-0.15, -0.1) is 0 Å². The summed E-state index contributed by atoms with van der Waals surface area (Å²) in [5.41, 5.74) is 0.885. The van der Waals surface area contributed by atoms with Crippen molar-refractivity contribution in [3.8, 4) is 0 Å². The quantitative estimate of drug-likeness (QED) is 0.772. The lowest BCUT2D eigenvalue weighted by Gasteiger charge is -2.18. The second kappa shape index (κ2) is 8.07. The molecular weight excluding hydrogens is 298 g/mol. The highest BCUT2D eigenvalue weighted by Gasteiger charge is 2.16. The zero-order chi connectivity index (χ0) is 16.7. The molecular formula is C16H19N3O4. The predicted molar refractivity (Wildman–Crippen MR) is 81.6 cm³/mol. The Balaban J connectivity index is 1.93. The van der Waals surface area contributed by atoms with Gasteiger partial charge in [0.15, 0.2) is 5.82 Å². The van der Waals surface area contributed by atoms with Crippen LogP contribution in [0, 0.1) is 6.92 Å². The van der Waals surface area contributed by atoms with Gasteiger partial charge in [0.05, 0.1) is 6.04 Å². The van der Waals surface area contributed by atoms with Crippen LogP contribution in [0.5, 0.6) is 0 Å². The fourth-order valence-corrected chi connectivity index (χ4v) is 2.20. The minimum Gasteiger partial charge on any atom is -0.481 e. The smallest absolute Gasteiger partial charge is 0.303 e. The average molecular weight is 317 g/mol. The summed E-state index contributed by atoms with van der Waals surface area (Å²) in [5.74, 6) is -0.120. The number of aromatic nitrogens is 2. The molecule has 122 valence electrons. The summed E-state index contributed by atoms with van der Waals surface area (Å²) in [6, 6.07) is 9.00. The summed E-state index contributed by atoms with van der Waals surface area (Å²) in [4.78, 5) is 26.9. The van der Waals surface area contributed by atoms with Gasteiger partial charge in [0, 0.05) is 19.3 Å². The molecule has 0 fully saturated rings. The number of nitrogens with one attached hydrogen (secondary N) is 1. The predicted octanol–water partition coefficient (Wildman–Crippen LogP) is 2.03.